The third kappa shape index (κ3) is 2.49. The topological polar surface area (TPSA) is 73.2 Å². The molecule has 4 heteroatoms. The van der Waals surface area contributed by atoms with Gasteiger partial charge < -0.3 is 20.1 Å². The van der Waals surface area contributed by atoms with E-state index >= 15 is 0 Å². The molecule has 26 heavy (non-hydrogen) atoms. The molecule has 4 aliphatic rings. The van der Waals surface area contributed by atoms with Crippen molar-refractivity contribution in [3.05, 3.63) is 23.3 Å². The lowest BCUT2D eigenvalue weighted by molar-refractivity contribution is -0.0506. The van der Waals surface area contributed by atoms with Crippen molar-refractivity contribution in [1.29, 1.82) is 0 Å². The van der Waals surface area contributed by atoms with Crippen molar-refractivity contribution in [2.24, 2.45) is 22.7 Å². The third-order valence-electron chi connectivity index (χ3n) is 8.31. The molecule has 1 heterocycles. The molecule has 1 saturated heterocycles. The Balaban J connectivity index is 1.65. The highest BCUT2D eigenvalue weighted by Crippen LogP contribution is 2.63. The molecule has 0 aromatic rings. The summed E-state index contributed by atoms with van der Waals surface area (Å²) in [6, 6.07) is 0. The molecule has 1 aliphatic heterocycles. The predicted octanol–water partition coefficient (Wildman–Crippen LogP) is 2.97. The summed E-state index contributed by atoms with van der Waals surface area (Å²) in [6.07, 6.45) is 7.70. The monoisotopic (exact) mass is 362 g/mol. The molecule has 0 amide bonds. The van der Waals surface area contributed by atoms with E-state index in [2.05, 4.69) is 33.8 Å². The van der Waals surface area contributed by atoms with E-state index in [1.807, 2.05) is 0 Å². The molecule has 1 saturated carbocycles. The van der Waals surface area contributed by atoms with Crippen LogP contribution in [0.2, 0.25) is 0 Å². The summed E-state index contributed by atoms with van der Waals surface area (Å²) in [6.45, 7) is 9.25. The second kappa shape index (κ2) is 5.91. The van der Waals surface area contributed by atoms with E-state index in [-0.39, 0.29) is 12.0 Å². The van der Waals surface area contributed by atoms with Crippen molar-refractivity contribution in [1.82, 2.24) is 0 Å². The SMILES string of the molecule is CC1=CC[C@@H]2C(C)(C)CCC[C@]2(C)[C@@H]1C[C@]12O[C@@H]1[C@H](O)C(CO)=C[C@@H]2O. The van der Waals surface area contributed by atoms with E-state index in [9.17, 15) is 15.3 Å². The van der Waals surface area contributed by atoms with Crippen LogP contribution in [0.1, 0.15) is 59.8 Å². The van der Waals surface area contributed by atoms with Crippen LogP contribution in [0.3, 0.4) is 0 Å². The largest absolute Gasteiger partial charge is 0.392 e. The van der Waals surface area contributed by atoms with Gasteiger partial charge in [0.25, 0.3) is 0 Å². The summed E-state index contributed by atoms with van der Waals surface area (Å²) in [5, 5.41) is 30.6. The number of epoxide rings is 1. The minimum absolute atomic E-state index is 0.206. The highest BCUT2D eigenvalue weighted by atomic mass is 16.6. The summed E-state index contributed by atoms with van der Waals surface area (Å²) in [4.78, 5) is 0. The van der Waals surface area contributed by atoms with Gasteiger partial charge in [0.1, 0.15) is 23.9 Å². The Morgan fingerprint density at radius 1 is 1.19 bits per heavy atom. The first-order valence-electron chi connectivity index (χ1n) is 10.2. The molecule has 146 valence electrons. The highest BCUT2D eigenvalue weighted by Gasteiger charge is 2.68. The molecule has 0 unspecified atom stereocenters. The molecule has 0 radical (unpaired) electrons. The van der Waals surface area contributed by atoms with Gasteiger partial charge in [-0.05, 0) is 66.9 Å². The van der Waals surface area contributed by atoms with Crippen LogP contribution >= 0.6 is 0 Å². The van der Waals surface area contributed by atoms with E-state index in [1.54, 1.807) is 6.08 Å². The smallest absolute Gasteiger partial charge is 0.128 e. The zero-order valence-corrected chi connectivity index (χ0v) is 16.5. The van der Waals surface area contributed by atoms with Crippen LogP contribution in [0.15, 0.2) is 23.3 Å². The van der Waals surface area contributed by atoms with Gasteiger partial charge in [-0.2, -0.15) is 0 Å². The molecular weight excluding hydrogens is 328 g/mol. The Hall–Kier alpha value is -0.680. The number of fused-ring (bicyclic) bond motifs is 2. The molecule has 2 fully saturated rings. The van der Waals surface area contributed by atoms with E-state index in [1.165, 1.54) is 24.8 Å². The van der Waals surface area contributed by atoms with Crippen LogP contribution in [0.25, 0.3) is 0 Å². The zero-order chi connectivity index (χ0) is 18.9. The van der Waals surface area contributed by atoms with Crippen LogP contribution in [-0.4, -0.2) is 45.8 Å². The fraction of sp³-hybridized carbons (Fsp3) is 0.818. The Kier molecular flexibility index (Phi) is 4.24. The van der Waals surface area contributed by atoms with Crippen LogP contribution in [-0.2, 0) is 4.74 Å². The number of aliphatic hydroxyl groups excluding tert-OH is 3. The lowest BCUT2D eigenvalue weighted by Gasteiger charge is -2.57. The number of aliphatic hydroxyl groups is 3. The van der Waals surface area contributed by atoms with Gasteiger partial charge in [0.2, 0.25) is 0 Å². The van der Waals surface area contributed by atoms with Crippen LogP contribution in [0.4, 0.5) is 0 Å². The van der Waals surface area contributed by atoms with Crippen molar-refractivity contribution in [3.8, 4) is 0 Å². The highest BCUT2D eigenvalue weighted by molar-refractivity contribution is 5.33. The lowest BCUT2D eigenvalue weighted by atomic mass is 9.47. The molecule has 4 nitrogen and oxygen atoms in total. The second-order valence-electron chi connectivity index (χ2n) is 10.1. The van der Waals surface area contributed by atoms with Crippen molar-refractivity contribution in [3.63, 3.8) is 0 Å². The van der Waals surface area contributed by atoms with Crippen molar-refractivity contribution in [2.75, 3.05) is 6.61 Å². The van der Waals surface area contributed by atoms with Gasteiger partial charge in [-0.25, -0.2) is 0 Å². The normalized spacial score (nSPS) is 49.6. The first-order chi connectivity index (χ1) is 12.2. The standard InChI is InChI=1S/C22H34O4/c1-13-6-7-16-20(2,3)8-5-9-21(16,4)15(13)11-22-17(24)10-14(12-23)18(25)19(22)26-22/h6,10,15-19,23-25H,5,7-9,11-12H2,1-4H3/t15-,16-,17+,18-,19-,21-,22-/m1/s1. The summed E-state index contributed by atoms with van der Waals surface area (Å²) in [5.41, 5.74) is 1.73. The number of hydrogen-bond acceptors (Lipinski definition) is 4. The molecule has 4 rings (SSSR count). The Bertz CT molecular complexity index is 651. The first-order valence-corrected chi connectivity index (χ1v) is 10.2. The van der Waals surface area contributed by atoms with E-state index in [0.717, 1.165) is 12.8 Å². The van der Waals surface area contributed by atoms with Gasteiger partial charge in [0, 0.05) is 0 Å². The lowest BCUT2D eigenvalue weighted by Crippen LogP contribution is -2.51. The van der Waals surface area contributed by atoms with Crippen molar-refractivity contribution < 1.29 is 20.1 Å². The molecule has 3 N–H and O–H groups in total. The van der Waals surface area contributed by atoms with Gasteiger partial charge >= 0.3 is 0 Å². The molecule has 0 spiro atoms. The van der Waals surface area contributed by atoms with Crippen molar-refractivity contribution >= 4 is 0 Å². The number of allylic oxidation sites excluding steroid dienone is 2. The minimum atomic E-state index is -0.803. The average molecular weight is 363 g/mol. The number of ether oxygens (including phenoxy) is 1. The molecule has 7 atom stereocenters. The van der Waals surface area contributed by atoms with Crippen LogP contribution in [0.5, 0.6) is 0 Å². The van der Waals surface area contributed by atoms with Gasteiger partial charge in [-0.3, -0.25) is 0 Å². The van der Waals surface area contributed by atoms with Crippen LogP contribution in [0, 0.1) is 22.7 Å². The molecular formula is C22H34O4. The third-order valence-corrected chi connectivity index (χ3v) is 8.31. The fourth-order valence-corrected chi connectivity index (χ4v) is 6.69. The summed E-state index contributed by atoms with van der Waals surface area (Å²) in [7, 11) is 0. The number of hydrogen-bond donors (Lipinski definition) is 3. The quantitative estimate of drug-likeness (QED) is 0.533. The van der Waals surface area contributed by atoms with E-state index in [4.69, 9.17) is 4.74 Å². The first kappa shape index (κ1) is 18.7. The molecule has 0 aromatic heterocycles. The van der Waals surface area contributed by atoms with Gasteiger partial charge in [-0.1, -0.05) is 38.8 Å². The van der Waals surface area contributed by atoms with Gasteiger partial charge in [0.15, 0.2) is 0 Å². The summed E-state index contributed by atoms with van der Waals surface area (Å²) < 4.78 is 5.96. The fourth-order valence-electron chi connectivity index (χ4n) is 6.69. The Labute approximate surface area is 156 Å². The van der Waals surface area contributed by atoms with Crippen molar-refractivity contribution in [2.45, 2.75) is 83.7 Å². The van der Waals surface area contributed by atoms with Crippen LogP contribution < -0.4 is 0 Å². The minimum Gasteiger partial charge on any atom is -0.392 e. The second-order valence-corrected chi connectivity index (χ2v) is 10.1. The maximum absolute atomic E-state index is 10.7. The maximum Gasteiger partial charge on any atom is 0.128 e. The molecule has 0 bridgehead atoms. The molecule has 3 aliphatic carbocycles. The Morgan fingerprint density at radius 2 is 1.92 bits per heavy atom. The average Bonchev–Trinajstić information content (AvgIpc) is 3.30. The Morgan fingerprint density at radius 3 is 2.62 bits per heavy atom. The maximum atomic E-state index is 10.7. The van der Waals surface area contributed by atoms with E-state index in [0.29, 0.717) is 22.8 Å². The van der Waals surface area contributed by atoms with Gasteiger partial charge in [-0.15, -0.1) is 0 Å². The summed E-state index contributed by atoms with van der Waals surface area (Å²) >= 11 is 0. The molecule has 0 aromatic carbocycles. The van der Waals surface area contributed by atoms with Gasteiger partial charge in [0.05, 0.1) is 6.61 Å². The van der Waals surface area contributed by atoms with E-state index < -0.39 is 23.9 Å². The zero-order valence-electron chi connectivity index (χ0n) is 16.5. The number of rotatable bonds is 3. The predicted molar refractivity (Wildman–Crippen MR) is 100 cm³/mol. The summed E-state index contributed by atoms with van der Waals surface area (Å²) in [5.74, 6) is 0.997.